The van der Waals surface area contributed by atoms with E-state index in [4.69, 9.17) is 0 Å². The molecule has 0 spiro atoms. The van der Waals surface area contributed by atoms with Gasteiger partial charge in [0, 0.05) is 44.2 Å². The topological polar surface area (TPSA) is 203 Å². The number of hydrogen-bond donors (Lipinski definition) is 3. The van der Waals surface area contributed by atoms with Gasteiger partial charge in [-0.2, -0.15) is 16.8 Å². The van der Waals surface area contributed by atoms with Gasteiger partial charge in [0.1, 0.15) is 10.1 Å². The van der Waals surface area contributed by atoms with Crippen molar-refractivity contribution in [1.29, 1.82) is 0 Å². The minimum atomic E-state index is -4.61. The lowest BCUT2D eigenvalue weighted by Gasteiger charge is -2.21. The Hall–Kier alpha value is -5.21. The number of rotatable bonds is 14. The monoisotopic (exact) mass is 970 g/mol. The highest BCUT2D eigenvalue weighted by Gasteiger charge is 2.21. The van der Waals surface area contributed by atoms with Crippen molar-refractivity contribution in [3.8, 4) is 21.6 Å². The molecule has 2 heterocycles. The third kappa shape index (κ3) is 12.1. The molecule has 328 valence electrons. The highest BCUT2D eigenvalue weighted by atomic mass is 32.2. The van der Waals surface area contributed by atoms with Crippen LogP contribution in [0.2, 0.25) is 0 Å². The molecule has 2 aliphatic rings. The van der Waals surface area contributed by atoms with Gasteiger partial charge in [-0.1, -0.05) is 78.5 Å². The Labute approximate surface area is 384 Å². The molecule has 3 N–H and O–H groups in total. The van der Waals surface area contributed by atoms with E-state index in [0.29, 0.717) is 22.5 Å². The normalized spacial score (nSPS) is 16.3. The van der Waals surface area contributed by atoms with Crippen molar-refractivity contribution in [3.05, 3.63) is 183 Å². The predicted octanol–water partition coefficient (Wildman–Crippen LogP) is 11.1. The van der Waals surface area contributed by atoms with Gasteiger partial charge in [0.25, 0.3) is 20.2 Å². The number of carboxylic acid groups (broad SMARTS) is 1. The summed E-state index contributed by atoms with van der Waals surface area (Å²) in [6.45, 7) is 0. The molecule has 1 aliphatic heterocycles. The van der Waals surface area contributed by atoms with Crippen LogP contribution in [0.3, 0.4) is 0 Å². The molecule has 5 aromatic rings. The maximum Gasteiger partial charge on any atom is 0.304 e. The molecule has 0 bridgehead atoms. The van der Waals surface area contributed by atoms with Crippen molar-refractivity contribution in [2.24, 2.45) is 0 Å². The first kappa shape index (κ1) is 46.8. The van der Waals surface area contributed by atoms with E-state index in [1.807, 2.05) is 72.8 Å². The maximum absolute atomic E-state index is 11.8. The molecule has 0 amide bonds. The fraction of sp³-hybridized carbons (Fsp3) is 0.106. The van der Waals surface area contributed by atoms with Gasteiger partial charge in [-0.25, -0.2) is 8.42 Å². The average molecular weight is 971 g/mol. The third-order valence-corrected chi connectivity index (χ3v) is 15.9. The van der Waals surface area contributed by atoms with Crippen LogP contribution in [-0.2, 0) is 35.1 Å². The standard InChI is InChI=1S/C47H38O11S6/c48-46(49)25-26-59-47-35(9-17-39-27-37(29-44(60-39)33-5-2-1-3-6-33)31-11-19-41(20-12-31)62(50,51)52)7-4-8-36(47)10-18-40-28-38(32-13-21-42(22-14-32)63(53,54)55)30-45(61-40)34-15-23-43(24-16-34)64(56,57)58/h1-3,5-6,9-24,27-30H,4,7-8,25-26H2,(H3-,48,49,50,51,52,53,54,55,56,57,58). The van der Waals surface area contributed by atoms with Crippen LogP contribution in [0.25, 0.3) is 38.1 Å². The zero-order valence-electron chi connectivity index (χ0n) is 33.5. The van der Waals surface area contributed by atoms with E-state index in [2.05, 4.69) is 6.08 Å². The fourth-order valence-corrected chi connectivity index (χ4v) is 11.5. The highest BCUT2D eigenvalue weighted by Crippen LogP contribution is 2.44. The van der Waals surface area contributed by atoms with E-state index < -0.39 is 36.3 Å². The van der Waals surface area contributed by atoms with Crippen LogP contribution in [0.1, 0.15) is 41.7 Å². The maximum atomic E-state index is 11.8. The SMILES string of the molecule is O=C(O)CCSC1=C(/C=C/c2cc(-c3ccc(S(=O)(=O)[O-])cc3)cc(-c3ccccc3)[s+]2)CCC/C1=C\C=C1/C=C(c2ccc(S(=O)(=O)O)cc2)C=C(c2ccc(S(=O)(=O)O)cc2)S1. The number of hydrogen-bond acceptors (Lipinski definition) is 10. The number of allylic oxidation sites excluding steroid dienone is 8. The number of carboxylic acids is 1. The molecule has 4 aromatic carbocycles. The molecule has 7 rings (SSSR count). The van der Waals surface area contributed by atoms with Crippen LogP contribution in [0.15, 0.2) is 181 Å². The molecule has 0 unspecified atom stereocenters. The Kier molecular flexibility index (Phi) is 14.5. The Morgan fingerprint density at radius 1 is 0.688 bits per heavy atom. The Morgan fingerprint density at radius 2 is 1.30 bits per heavy atom. The van der Waals surface area contributed by atoms with Gasteiger partial charge in [0.15, 0.2) is 0 Å². The van der Waals surface area contributed by atoms with E-state index in [0.717, 1.165) is 71.6 Å². The van der Waals surface area contributed by atoms with Gasteiger partial charge < -0.3 is 9.66 Å². The van der Waals surface area contributed by atoms with Crippen LogP contribution >= 0.6 is 34.9 Å². The first-order valence-corrected chi connectivity index (χ1v) is 26.4. The summed E-state index contributed by atoms with van der Waals surface area (Å²) in [5, 5.41) is 9.53. The van der Waals surface area contributed by atoms with Gasteiger partial charge in [-0.3, -0.25) is 13.9 Å². The molecule has 11 nitrogen and oxygen atoms in total. The molecular weight excluding hydrogens is 933 g/mol. The van der Waals surface area contributed by atoms with E-state index in [-0.39, 0.29) is 21.1 Å². The van der Waals surface area contributed by atoms with Crippen molar-refractivity contribution in [2.45, 2.75) is 40.4 Å². The molecule has 0 atom stereocenters. The molecule has 0 saturated carbocycles. The van der Waals surface area contributed by atoms with Crippen LogP contribution in [0.4, 0.5) is 0 Å². The van der Waals surface area contributed by atoms with E-state index >= 15 is 0 Å². The summed E-state index contributed by atoms with van der Waals surface area (Å²) in [5.41, 5.74) is 6.61. The molecule has 64 heavy (non-hydrogen) atoms. The van der Waals surface area contributed by atoms with Crippen molar-refractivity contribution >= 4 is 87.7 Å². The average Bonchev–Trinajstić information content (AvgIpc) is 3.27. The number of aliphatic carboxylic acids is 1. The summed E-state index contributed by atoms with van der Waals surface area (Å²) < 4.78 is 101. The lowest BCUT2D eigenvalue weighted by Crippen LogP contribution is -2.03. The summed E-state index contributed by atoms with van der Waals surface area (Å²) >= 11 is 4.46. The molecule has 17 heteroatoms. The van der Waals surface area contributed by atoms with Gasteiger partial charge >= 0.3 is 5.97 Å². The van der Waals surface area contributed by atoms with Crippen molar-refractivity contribution in [2.75, 3.05) is 5.75 Å². The second-order valence-corrected chi connectivity index (χ2v) is 22.0. The third-order valence-electron chi connectivity index (χ3n) is 10.0. The largest absolute Gasteiger partial charge is 0.744 e. The molecule has 1 aliphatic carbocycles. The number of benzene rings is 4. The molecule has 0 fully saturated rings. The molecule has 0 radical (unpaired) electrons. The van der Waals surface area contributed by atoms with Gasteiger partial charge in [0.05, 0.1) is 21.1 Å². The second-order valence-electron chi connectivity index (χ2n) is 14.5. The number of carbonyl (C=O) groups is 1. The van der Waals surface area contributed by atoms with Crippen molar-refractivity contribution < 1.29 is 48.8 Å². The van der Waals surface area contributed by atoms with Crippen LogP contribution in [0, 0.1) is 0 Å². The van der Waals surface area contributed by atoms with E-state index in [9.17, 15) is 48.8 Å². The molecule has 1 aromatic heterocycles. The summed E-state index contributed by atoms with van der Waals surface area (Å²) in [6.07, 6.45) is 14.1. The minimum absolute atomic E-state index is 0.0423. The van der Waals surface area contributed by atoms with Gasteiger partial charge in [-0.05, 0) is 125 Å². The van der Waals surface area contributed by atoms with Crippen LogP contribution in [0.5, 0.6) is 0 Å². The Balaban J connectivity index is 1.27. The van der Waals surface area contributed by atoms with Crippen LogP contribution < -0.4 is 0 Å². The van der Waals surface area contributed by atoms with Crippen molar-refractivity contribution in [3.63, 3.8) is 0 Å². The molecular formula is C47H38O11S6. The minimum Gasteiger partial charge on any atom is -0.744 e. The molecule has 0 saturated heterocycles. The van der Waals surface area contributed by atoms with Crippen LogP contribution in [-0.4, -0.2) is 55.7 Å². The smallest absolute Gasteiger partial charge is 0.304 e. The summed E-state index contributed by atoms with van der Waals surface area (Å²) in [7, 11) is -13.5. The van der Waals surface area contributed by atoms with E-state index in [1.54, 1.807) is 47.7 Å². The van der Waals surface area contributed by atoms with Gasteiger partial charge in [0.2, 0.25) is 21.1 Å². The lowest BCUT2D eigenvalue weighted by molar-refractivity contribution is -0.136. The Bertz CT molecular complexity index is 3130. The first-order chi connectivity index (χ1) is 30.4. The zero-order chi connectivity index (χ0) is 45.6. The summed E-state index contributed by atoms with van der Waals surface area (Å²) in [5.74, 6) is -0.571. The summed E-state index contributed by atoms with van der Waals surface area (Å²) in [6, 6.07) is 31.2. The quantitative estimate of drug-likeness (QED) is 0.0701. The fourth-order valence-electron chi connectivity index (χ4n) is 6.87. The first-order valence-electron chi connectivity index (χ1n) is 19.4. The van der Waals surface area contributed by atoms with Gasteiger partial charge in [-0.15, -0.1) is 11.8 Å². The van der Waals surface area contributed by atoms with E-state index in [1.165, 1.54) is 59.9 Å². The second kappa shape index (κ2) is 19.9. The van der Waals surface area contributed by atoms with Crippen molar-refractivity contribution in [1.82, 2.24) is 0 Å². The highest BCUT2D eigenvalue weighted by molar-refractivity contribution is 8.12. The predicted molar refractivity (Wildman–Crippen MR) is 254 cm³/mol. The lowest BCUT2D eigenvalue weighted by atomic mass is 9.94. The number of thioether (sulfide) groups is 2. The Morgan fingerprint density at radius 3 is 1.91 bits per heavy atom. The summed E-state index contributed by atoms with van der Waals surface area (Å²) in [4.78, 5) is 15.2. The zero-order valence-corrected chi connectivity index (χ0v) is 38.4.